The Morgan fingerprint density at radius 3 is 2.50 bits per heavy atom. The van der Waals surface area contributed by atoms with Crippen molar-refractivity contribution in [2.24, 2.45) is 0 Å². The first kappa shape index (κ1) is 29.0. The van der Waals surface area contributed by atoms with Gasteiger partial charge in [0.2, 0.25) is 0 Å². The molecule has 2 heterocycles. The number of benzene rings is 3. The van der Waals surface area contributed by atoms with Crippen LogP contribution in [0.15, 0.2) is 77.6 Å². The quantitative estimate of drug-likeness (QED) is 0.207. The number of rotatable bonds is 13. The zero-order chi connectivity index (χ0) is 29.5. The van der Waals surface area contributed by atoms with Gasteiger partial charge in [0.25, 0.3) is 5.56 Å². The maximum absolute atomic E-state index is 13.3. The lowest BCUT2D eigenvalue weighted by Gasteiger charge is -2.30. The number of methoxy groups -OCH3 is 2. The predicted octanol–water partition coefficient (Wildman–Crippen LogP) is 5.28. The Balaban J connectivity index is 1.45. The summed E-state index contributed by atoms with van der Waals surface area (Å²) in [6, 6.07) is 24.4. The van der Waals surface area contributed by atoms with Gasteiger partial charge in [-0.05, 0) is 83.0 Å². The van der Waals surface area contributed by atoms with Gasteiger partial charge in [-0.1, -0.05) is 55.5 Å². The van der Waals surface area contributed by atoms with Crippen LogP contribution in [0.5, 0.6) is 11.5 Å². The second-order valence-electron chi connectivity index (χ2n) is 10.5. The standard InChI is InChI=1S/C33H38N6O3/c1-5-29(32-35-36-37-39(32)18-16-24-9-7-6-8-10-24)38(17-15-25-12-14-30(41-3)31(20-25)42-4)22-27-21-26-13-11-23(2)19-28(26)34-33(27)40/h6-14,19-21,29H,5,15-18,22H2,1-4H3,(H,34,40)/t29-/m0/s1. The van der Waals surface area contributed by atoms with E-state index in [1.54, 1.807) is 14.2 Å². The lowest BCUT2D eigenvalue weighted by atomic mass is 10.1. The number of aromatic nitrogens is 5. The average Bonchev–Trinajstić information content (AvgIpc) is 3.48. The molecule has 1 atom stereocenters. The van der Waals surface area contributed by atoms with Crippen LogP contribution in [0.25, 0.3) is 10.9 Å². The third-order valence-corrected chi connectivity index (χ3v) is 7.73. The van der Waals surface area contributed by atoms with E-state index in [0.717, 1.165) is 47.1 Å². The molecule has 0 saturated carbocycles. The Morgan fingerprint density at radius 1 is 0.929 bits per heavy atom. The van der Waals surface area contributed by atoms with Crippen LogP contribution < -0.4 is 15.0 Å². The number of nitrogens with zero attached hydrogens (tertiary/aromatic N) is 5. The Bertz CT molecular complexity index is 1680. The Morgan fingerprint density at radius 2 is 1.74 bits per heavy atom. The number of tetrazole rings is 1. The van der Waals surface area contributed by atoms with Crippen LogP contribution in [-0.4, -0.2) is 50.9 Å². The van der Waals surface area contributed by atoms with Gasteiger partial charge in [-0.3, -0.25) is 9.69 Å². The van der Waals surface area contributed by atoms with Crippen LogP contribution in [0.4, 0.5) is 0 Å². The summed E-state index contributed by atoms with van der Waals surface area (Å²) in [6.07, 6.45) is 2.35. The summed E-state index contributed by atoms with van der Waals surface area (Å²) < 4.78 is 12.9. The SMILES string of the molecule is CC[C@@H](c1nnnn1CCc1ccccc1)N(CCc1ccc(OC)c(OC)c1)Cc1cc2ccc(C)cc2[nH]c1=O. The summed E-state index contributed by atoms with van der Waals surface area (Å²) in [5.74, 6) is 2.19. The fraction of sp³-hybridized carbons (Fsp3) is 0.333. The number of fused-ring (bicyclic) bond motifs is 1. The van der Waals surface area contributed by atoms with Crippen LogP contribution >= 0.6 is 0 Å². The van der Waals surface area contributed by atoms with Gasteiger partial charge >= 0.3 is 0 Å². The van der Waals surface area contributed by atoms with E-state index < -0.39 is 0 Å². The van der Waals surface area contributed by atoms with E-state index >= 15 is 0 Å². The minimum absolute atomic E-state index is 0.0808. The Hall–Kier alpha value is -4.50. The molecule has 0 amide bonds. The van der Waals surface area contributed by atoms with Crippen molar-refractivity contribution in [1.82, 2.24) is 30.1 Å². The summed E-state index contributed by atoms with van der Waals surface area (Å²) in [5.41, 5.74) is 4.92. The van der Waals surface area contributed by atoms with E-state index in [-0.39, 0.29) is 11.6 Å². The zero-order valence-electron chi connectivity index (χ0n) is 24.7. The monoisotopic (exact) mass is 566 g/mol. The fourth-order valence-electron chi connectivity index (χ4n) is 5.44. The zero-order valence-corrected chi connectivity index (χ0v) is 24.7. The molecule has 0 aliphatic carbocycles. The maximum atomic E-state index is 13.3. The smallest absolute Gasteiger partial charge is 0.252 e. The van der Waals surface area contributed by atoms with Gasteiger partial charge in [0, 0.05) is 30.7 Å². The normalized spacial score (nSPS) is 12.1. The molecule has 0 aliphatic rings. The first-order valence-corrected chi connectivity index (χ1v) is 14.4. The summed E-state index contributed by atoms with van der Waals surface area (Å²) in [7, 11) is 3.28. The third-order valence-electron chi connectivity index (χ3n) is 7.73. The van der Waals surface area contributed by atoms with Crippen molar-refractivity contribution in [3.8, 4) is 11.5 Å². The largest absolute Gasteiger partial charge is 0.493 e. The third kappa shape index (κ3) is 6.69. The molecule has 3 aromatic carbocycles. The van der Waals surface area contributed by atoms with Crippen LogP contribution in [0, 0.1) is 6.92 Å². The number of aryl methyl sites for hydroxylation is 3. The predicted molar refractivity (Wildman–Crippen MR) is 164 cm³/mol. The maximum Gasteiger partial charge on any atom is 0.252 e. The van der Waals surface area contributed by atoms with E-state index in [1.165, 1.54) is 5.56 Å². The van der Waals surface area contributed by atoms with Crippen molar-refractivity contribution in [3.63, 3.8) is 0 Å². The molecule has 9 nitrogen and oxygen atoms in total. The second kappa shape index (κ2) is 13.4. The number of H-pyrrole nitrogens is 1. The number of hydrogen-bond acceptors (Lipinski definition) is 7. The molecule has 0 spiro atoms. The molecule has 0 bridgehead atoms. The summed E-state index contributed by atoms with van der Waals surface area (Å²) in [6.45, 7) is 5.97. The minimum atomic E-state index is -0.0935. The van der Waals surface area contributed by atoms with Crippen LogP contribution in [-0.2, 0) is 25.9 Å². The summed E-state index contributed by atoms with van der Waals surface area (Å²) >= 11 is 0. The second-order valence-corrected chi connectivity index (χ2v) is 10.5. The van der Waals surface area contributed by atoms with Crippen molar-refractivity contribution < 1.29 is 9.47 Å². The van der Waals surface area contributed by atoms with Crippen LogP contribution in [0.1, 0.15) is 47.5 Å². The van der Waals surface area contributed by atoms with E-state index in [1.807, 2.05) is 54.1 Å². The van der Waals surface area contributed by atoms with Gasteiger partial charge in [0.05, 0.1) is 20.3 Å². The van der Waals surface area contributed by atoms with E-state index in [9.17, 15) is 4.79 Å². The van der Waals surface area contributed by atoms with Crippen molar-refractivity contribution >= 4 is 10.9 Å². The van der Waals surface area contributed by atoms with Crippen molar-refractivity contribution in [3.05, 3.63) is 111 Å². The van der Waals surface area contributed by atoms with E-state index in [4.69, 9.17) is 9.47 Å². The molecule has 5 rings (SSSR count). The highest BCUT2D eigenvalue weighted by Crippen LogP contribution is 2.29. The molecule has 218 valence electrons. The van der Waals surface area contributed by atoms with Crippen LogP contribution in [0.2, 0.25) is 0 Å². The van der Waals surface area contributed by atoms with Gasteiger partial charge in [0.1, 0.15) is 0 Å². The highest BCUT2D eigenvalue weighted by atomic mass is 16.5. The molecule has 0 radical (unpaired) electrons. The molecule has 42 heavy (non-hydrogen) atoms. The van der Waals surface area contributed by atoms with Crippen molar-refractivity contribution in [2.75, 3.05) is 20.8 Å². The average molecular weight is 567 g/mol. The first-order chi connectivity index (χ1) is 20.5. The molecule has 0 saturated heterocycles. The molecular formula is C33H38N6O3. The topological polar surface area (TPSA) is 98.2 Å². The van der Waals surface area contributed by atoms with Crippen molar-refractivity contribution in [2.45, 2.75) is 52.2 Å². The molecule has 5 aromatic rings. The summed E-state index contributed by atoms with van der Waals surface area (Å²) in [4.78, 5) is 18.7. The number of pyridine rings is 1. The molecule has 9 heteroatoms. The number of hydrogen-bond donors (Lipinski definition) is 1. The lowest BCUT2D eigenvalue weighted by molar-refractivity contribution is 0.171. The number of nitrogens with one attached hydrogen (secondary N) is 1. The van der Waals surface area contributed by atoms with Gasteiger partial charge in [-0.25, -0.2) is 4.68 Å². The molecular weight excluding hydrogens is 528 g/mol. The fourth-order valence-corrected chi connectivity index (χ4v) is 5.44. The highest BCUT2D eigenvalue weighted by Gasteiger charge is 2.26. The number of aromatic amines is 1. The van der Waals surface area contributed by atoms with Gasteiger partial charge in [0.15, 0.2) is 17.3 Å². The number of ether oxygens (including phenoxy) is 2. The highest BCUT2D eigenvalue weighted by molar-refractivity contribution is 5.79. The van der Waals surface area contributed by atoms with Crippen molar-refractivity contribution in [1.29, 1.82) is 0 Å². The van der Waals surface area contributed by atoms with Gasteiger partial charge < -0.3 is 14.5 Å². The lowest BCUT2D eigenvalue weighted by Crippen LogP contribution is -2.34. The van der Waals surface area contributed by atoms with Gasteiger partial charge in [-0.2, -0.15) is 0 Å². The molecule has 2 aromatic heterocycles. The first-order valence-electron chi connectivity index (χ1n) is 14.4. The Labute approximate surface area is 246 Å². The molecule has 1 N–H and O–H groups in total. The van der Waals surface area contributed by atoms with Crippen LogP contribution in [0.3, 0.4) is 0 Å². The minimum Gasteiger partial charge on any atom is -0.493 e. The van der Waals surface area contributed by atoms with Gasteiger partial charge in [-0.15, -0.1) is 5.10 Å². The molecule has 0 unspecified atom stereocenters. The molecule has 0 aliphatic heterocycles. The summed E-state index contributed by atoms with van der Waals surface area (Å²) in [5, 5.41) is 13.9. The molecule has 0 fully saturated rings. The van der Waals surface area contributed by atoms with E-state index in [2.05, 4.69) is 62.7 Å². The van der Waals surface area contributed by atoms with E-state index in [0.29, 0.717) is 36.7 Å². The Kier molecular flexibility index (Phi) is 9.28.